The first-order valence-corrected chi connectivity index (χ1v) is 9.52. The molecule has 0 aromatic heterocycles. The molecule has 3 aromatic carbocycles. The van der Waals surface area contributed by atoms with E-state index >= 15 is 0 Å². The maximum Gasteiger partial charge on any atom is 0.258 e. The third-order valence-corrected chi connectivity index (χ3v) is 4.86. The van der Waals surface area contributed by atoms with E-state index in [1.54, 1.807) is 0 Å². The van der Waals surface area contributed by atoms with Crippen molar-refractivity contribution in [3.63, 3.8) is 0 Å². The summed E-state index contributed by atoms with van der Waals surface area (Å²) in [5, 5.41) is 5.25. The molecule has 3 nitrogen and oxygen atoms in total. The van der Waals surface area contributed by atoms with Crippen molar-refractivity contribution in [3.8, 4) is 5.75 Å². The molecular formula is C22H22BrNO2. The fourth-order valence-electron chi connectivity index (χ4n) is 2.89. The molecular weight excluding hydrogens is 390 g/mol. The highest BCUT2D eigenvalue weighted by molar-refractivity contribution is 9.10. The van der Waals surface area contributed by atoms with Gasteiger partial charge in [0.1, 0.15) is 5.75 Å². The lowest BCUT2D eigenvalue weighted by Gasteiger charge is -2.18. The largest absolute Gasteiger partial charge is 0.484 e. The standard InChI is InChI=1S/C22H22BrNO2/c1-3-21(16-6-4-15(2)5-7-16)24-22(25)14-26-20-11-9-17-12-19(23)10-8-18(17)13-20/h4-13,21H,3,14H2,1-2H3,(H,24,25)/t21-/m0/s1. The van der Waals surface area contributed by atoms with Gasteiger partial charge in [-0.1, -0.05) is 64.8 Å². The maximum absolute atomic E-state index is 12.3. The molecule has 3 aromatic rings. The van der Waals surface area contributed by atoms with Crippen molar-refractivity contribution in [1.29, 1.82) is 0 Å². The third-order valence-electron chi connectivity index (χ3n) is 4.37. The van der Waals surface area contributed by atoms with Gasteiger partial charge in [-0.3, -0.25) is 4.79 Å². The summed E-state index contributed by atoms with van der Waals surface area (Å²) in [6, 6.07) is 20.2. The Bertz CT molecular complexity index is 906. The Hall–Kier alpha value is -2.33. The summed E-state index contributed by atoms with van der Waals surface area (Å²) in [6.45, 7) is 4.12. The highest BCUT2D eigenvalue weighted by Crippen LogP contribution is 2.24. The van der Waals surface area contributed by atoms with Crippen molar-refractivity contribution in [2.45, 2.75) is 26.3 Å². The van der Waals surface area contributed by atoms with Crippen molar-refractivity contribution in [1.82, 2.24) is 5.32 Å². The Morgan fingerprint density at radius 1 is 1.04 bits per heavy atom. The van der Waals surface area contributed by atoms with Gasteiger partial charge in [-0.25, -0.2) is 0 Å². The Morgan fingerprint density at radius 2 is 1.73 bits per heavy atom. The van der Waals surface area contributed by atoms with Crippen molar-refractivity contribution < 1.29 is 9.53 Å². The molecule has 0 aliphatic heterocycles. The van der Waals surface area contributed by atoms with Crippen LogP contribution in [0.25, 0.3) is 10.8 Å². The van der Waals surface area contributed by atoms with E-state index in [1.807, 2.05) is 30.3 Å². The van der Waals surface area contributed by atoms with E-state index < -0.39 is 0 Å². The van der Waals surface area contributed by atoms with Crippen LogP contribution in [-0.4, -0.2) is 12.5 Å². The molecule has 0 radical (unpaired) electrons. The fourth-order valence-corrected chi connectivity index (χ4v) is 3.27. The average molecular weight is 412 g/mol. The lowest BCUT2D eigenvalue weighted by Crippen LogP contribution is -2.32. The predicted molar refractivity (Wildman–Crippen MR) is 109 cm³/mol. The minimum atomic E-state index is -0.117. The number of carbonyl (C=O) groups excluding carboxylic acids is 1. The van der Waals surface area contributed by atoms with Gasteiger partial charge in [0.05, 0.1) is 6.04 Å². The Kier molecular flexibility index (Phi) is 5.94. The van der Waals surface area contributed by atoms with Crippen LogP contribution in [0.3, 0.4) is 0 Å². The van der Waals surface area contributed by atoms with Gasteiger partial charge >= 0.3 is 0 Å². The van der Waals surface area contributed by atoms with Gasteiger partial charge in [0, 0.05) is 4.47 Å². The highest BCUT2D eigenvalue weighted by Gasteiger charge is 2.13. The molecule has 4 heteroatoms. The number of hydrogen-bond donors (Lipinski definition) is 1. The molecule has 0 aliphatic rings. The zero-order valence-electron chi connectivity index (χ0n) is 15.0. The predicted octanol–water partition coefficient (Wildman–Crippen LogP) is 5.56. The van der Waals surface area contributed by atoms with E-state index in [-0.39, 0.29) is 18.6 Å². The van der Waals surface area contributed by atoms with Crippen LogP contribution in [0.1, 0.15) is 30.5 Å². The van der Waals surface area contributed by atoms with Crippen LogP contribution in [-0.2, 0) is 4.79 Å². The molecule has 0 spiro atoms. The van der Waals surface area contributed by atoms with E-state index in [1.165, 1.54) is 5.56 Å². The molecule has 1 amide bonds. The number of fused-ring (bicyclic) bond motifs is 1. The number of benzene rings is 3. The molecule has 1 atom stereocenters. The van der Waals surface area contributed by atoms with Crippen LogP contribution in [0.5, 0.6) is 5.75 Å². The Morgan fingerprint density at radius 3 is 2.46 bits per heavy atom. The number of halogens is 1. The smallest absolute Gasteiger partial charge is 0.258 e. The average Bonchev–Trinajstić information content (AvgIpc) is 2.65. The summed E-state index contributed by atoms with van der Waals surface area (Å²) in [6.07, 6.45) is 0.833. The van der Waals surface area contributed by atoms with Crippen molar-refractivity contribution in [3.05, 3.63) is 76.3 Å². The summed E-state index contributed by atoms with van der Waals surface area (Å²) < 4.78 is 6.72. The normalized spacial score (nSPS) is 12.0. The van der Waals surface area contributed by atoms with Crippen LogP contribution in [0.4, 0.5) is 0 Å². The zero-order valence-corrected chi connectivity index (χ0v) is 16.5. The molecule has 0 heterocycles. The Balaban J connectivity index is 1.61. The summed E-state index contributed by atoms with van der Waals surface area (Å²) >= 11 is 3.47. The van der Waals surface area contributed by atoms with Gasteiger partial charge in [-0.2, -0.15) is 0 Å². The van der Waals surface area contributed by atoms with Crippen LogP contribution in [0.2, 0.25) is 0 Å². The first-order valence-electron chi connectivity index (χ1n) is 8.73. The number of amides is 1. The summed E-state index contributed by atoms with van der Waals surface area (Å²) in [5.74, 6) is 0.576. The van der Waals surface area contributed by atoms with Crippen molar-refractivity contribution in [2.75, 3.05) is 6.61 Å². The number of hydrogen-bond acceptors (Lipinski definition) is 2. The molecule has 0 unspecified atom stereocenters. The van der Waals surface area contributed by atoms with E-state index in [2.05, 4.69) is 65.4 Å². The van der Waals surface area contributed by atoms with E-state index in [9.17, 15) is 4.79 Å². The van der Waals surface area contributed by atoms with Crippen LogP contribution in [0, 0.1) is 6.92 Å². The van der Waals surface area contributed by atoms with Crippen LogP contribution in [0.15, 0.2) is 65.1 Å². The number of rotatable bonds is 6. The van der Waals surface area contributed by atoms with Gasteiger partial charge < -0.3 is 10.1 Å². The summed E-state index contributed by atoms with van der Waals surface area (Å²) in [4.78, 5) is 12.3. The monoisotopic (exact) mass is 411 g/mol. The molecule has 0 saturated carbocycles. The minimum absolute atomic E-state index is 0.000605. The summed E-state index contributed by atoms with van der Waals surface area (Å²) in [7, 11) is 0. The van der Waals surface area contributed by atoms with Gasteiger partial charge in [0.15, 0.2) is 6.61 Å². The first kappa shape index (κ1) is 18.5. The topological polar surface area (TPSA) is 38.3 Å². The molecule has 1 N–H and O–H groups in total. The lowest BCUT2D eigenvalue weighted by atomic mass is 10.0. The second-order valence-electron chi connectivity index (χ2n) is 6.38. The molecule has 26 heavy (non-hydrogen) atoms. The quantitative estimate of drug-likeness (QED) is 0.576. The second kappa shape index (κ2) is 8.37. The number of nitrogens with one attached hydrogen (secondary N) is 1. The lowest BCUT2D eigenvalue weighted by molar-refractivity contribution is -0.123. The van der Waals surface area contributed by atoms with Crippen LogP contribution < -0.4 is 10.1 Å². The van der Waals surface area contributed by atoms with Gasteiger partial charge in [0.25, 0.3) is 5.91 Å². The van der Waals surface area contributed by atoms with Crippen molar-refractivity contribution in [2.24, 2.45) is 0 Å². The second-order valence-corrected chi connectivity index (χ2v) is 7.30. The van der Waals surface area contributed by atoms with Crippen molar-refractivity contribution >= 4 is 32.6 Å². The zero-order chi connectivity index (χ0) is 18.5. The minimum Gasteiger partial charge on any atom is -0.484 e. The Labute approximate surface area is 162 Å². The highest BCUT2D eigenvalue weighted by atomic mass is 79.9. The molecule has 0 fully saturated rings. The molecule has 0 saturated heterocycles. The molecule has 0 bridgehead atoms. The maximum atomic E-state index is 12.3. The fraction of sp³-hybridized carbons (Fsp3) is 0.227. The molecule has 3 rings (SSSR count). The molecule has 0 aliphatic carbocycles. The van der Waals surface area contributed by atoms with E-state index in [0.717, 1.165) is 27.2 Å². The third kappa shape index (κ3) is 4.64. The number of carbonyl (C=O) groups is 1. The SMILES string of the molecule is CC[C@H](NC(=O)COc1ccc2cc(Br)ccc2c1)c1ccc(C)cc1. The van der Waals surface area contributed by atoms with E-state index in [0.29, 0.717) is 5.75 Å². The number of ether oxygens (including phenoxy) is 1. The molecule has 134 valence electrons. The van der Waals surface area contributed by atoms with Gasteiger partial charge in [-0.15, -0.1) is 0 Å². The van der Waals surface area contributed by atoms with Gasteiger partial charge in [0.2, 0.25) is 0 Å². The van der Waals surface area contributed by atoms with E-state index in [4.69, 9.17) is 4.74 Å². The first-order chi connectivity index (χ1) is 12.5. The van der Waals surface area contributed by atoms with Gasteiger partial charge in [-0.05, 0) is 53.9 Å². The summed E-state index contributed by atoms with van der Waals surface area (Å²) in [5.41, 5.74) is 2.32. The van der Waals surface area contributed by atoms with Crippen LogP contribution >= 0.6 is 15.9 Å². The number of aryl methyl sites for hydroxylation is 1.